The topological polar surface area (TPSA) is 129 Å². The third kappa shape index (κ3) is 3.15. The first-order valence-corrected chi connectivity index (χ1v) is 7.92. The highest BCUT2D eigenvalue weighted by Gasteiger charge is 2.33. The van der Waals surface area contributed by atoms with E-state index in [1.165, 1.54) is 0 Å². The Hall–Kier alpha value is -2.71. The Morgan fingerprint density at radius 1 is 1.21 bits per heavy atom. The van der Waals surface area contributed by atoms with Gasteiger partial charge in [0.05, 0.1) is 0 Å². The number of amides is 4. The van der Waals surface area contributed by atoms with E-state index in [0.29, 0.717) is 25.9 Å². The molecule has 3 N–H and O–H groups in total. The Labute approximate surface area is 138 Å². The molecule has 3 heterocycles. The van der Waals surface area contributed by atoms with Gasteiger partial charge in [0, 0.05) is 37.5 Å². The number of nitrogens with one attached hydrogen (secondary N) is 1. The summed E-state index contributed by atoms with van der Waals surface area (Å²) >= 11 is 0. The minimum atomic E-state index is -0.579. The molecule has 0 atom stereocenters. The van der Waals surface area contributed by atoms with E-state index < -0.39 is 5.91 Å². The van der Waals surface area contributed by atoms with Crippen molar-refractivity contribution in [3.05, 3.63) is 17.5 Å². The summed E-state index contributed by atoms with van der Waals surface area (Å²) in [7, 11) is 0. The minimum Gasteiger partial charge on any atom is -0.364 e. The van der Waals surface area contributed by atoms with Crippen LogP contribution in [0.15, 0.2) is 6.07 Å². The molecule has 0 spiro atoms. The molecule has 128 valence electrons. The van der Waals surface area contributed by atoms with E-state index in [1.54, 1.807) is 11.0 Å². The number of primary amides is 1. The van der Waals surface area contributed by atoms with Crippen LogP contribution in [0.2, 0.25) is 0 Å². The summed E-state index contributed by atoms with van der Waals surface area (Å²) in [6, 6.07) is 1.64. The molecule has 0 saturated carbocycles. The highest BCUT2D eigenvalue weighted by Crippen LogP contribution is 2.27. The molecule has 2 aliphatic heterocycles. The number of aromatic amines is 1. The van der Waals surface area contributed by atoms with Crippen LogP contribution >= 0.6 is 0 Å². The molecule has 2 fully saturated rings. The van der Waals surface area contributed by atoms with Crippen molar-refractivity contribution in [2.24, 2.45) is 5.73 Å². The molecule has 2 saturated heterocycles. The maximum atomic E-state index is 12.3. The van der Waals surface area contributed by atoms with E-state index in [0.717, 1.165) is 10.6 Å². The summed E-state index contributed by atoms with van der Waals surface area (Å²) in [6.45, 7) is 0.896. The van der Waals surface area contributed by atoms with Crippen molar-refractivity contribution in [2.45, 2.75) is 31.6 Å². The third-order valence-corrected chi connectivity index (χ3v) is 4.59. The molecular formula is C15H19N5O4. The normalized spacial score (nSPS) is 19.2. The summed E-state index contributed by atoms with van der Waals surface area (Å²) in [5.41, 5.74) is 6.22. The van der Waals surface area contributed by atoms with Crippen molar-refractivity contribution < 1.29 is 19.2 Å². The molecule has 0 unspecified atom stereocenters. The molecule has 9 heteroatoms. The number of H-pyrrole nitrogens is 1. The first-order chi connectivity index (χ1) is 11.5. The Balaban J connectivity index is 1.54. The van der Waals surface area contributed by atoms with Crippen molar-refractivity contribution in [1.29, 1.82) is 0 Å². The average Bonchev–Trinajstić information content (AvgIpc) is 3.18. The van der Waals surface area contributed by atoms with Crippen LogP contribution in [0.5, 0.6) is 0 Å². The summed E-state index contributed by atoms with van der Waals surface area (Å²) in [6.07, 6.45) is 1.81. The number of carbonyl (C=O) groups is 4. The molecular weight excluding hydrogens is 314 g/mol. The van der Waals surface area contributed by atoms with Gasteiger partial charge in [-0.2, -0.15) is 5.10 Å². The van der Waals surface area contributed by atoms with Crippen LogP contribution in [0.25, 0.3) is 0 Å². The highest BCUT2D eigenvalue weighted by atomic mass is 16.2. The molecule has 0 radical (unpaired) electrons. The first-order valence-electron chi connectivity index (χ1n) is 7.92. The molecule has 0 aliphatic carbocycles. The van der Waals surface area contributed by atoms with E-state index in [-0.39, 0.29) is 48.7 Å². The zero-order valence-corrected chi connectivity index (χ0v) is 13.2. The number of hydrogen-bond donors (Lipinski definition) is 2. The van der Waals surface area contributed by atoms with E-state index >= 15 is 0 Å². The summed E-state index contributed by atoms with van der Waals surface area (Å²) in [5.74, 6) is -1.17. The lowest BCUT2D eigenvalue weighted by molar-refractivity contribution is -0.145. The van der Waals surface area contributed by atoms with Gasteiger partial charge < -0.3 is 10.6 Å². The first kappa shape index (κ1) is 16.2. The number of likely N-dealkylation sites (tertiary alicyclic amines) is 2. The van der Waals surface area contributed by atoms with Crippen LogP contribution in [0.4, 0.5) is 0 Å². The van der Waals surface area contributed by atoms with Crippen molar-refractivity contribution in [3.63, 3.8) is 0 Å². The second-order valence-corrected chi connectivity index (χ2v) is 6.10. The Bertz CT molecular complexity index is 674. The second-order valence-electron chi connectivity index (χ2n) is 6.10. The fraction of sp³-hybridized carbons (Fsp3) is 0.533. The summed E-state index contributed by atoms with van der Waals surface area (Å²) in [5, 5.41) is 6.69. The van der Waals surface area contributed by atoms with Gasteiger partial charge >= 0.3 is 0 Å². The Morgan fingerprint density at radius 3 is 2.38 bits per heavy atom. The molecule has 4 amide bonds. The highest BCUT2D eigenvalue weighted by molar-refractivity contribution is 6.04. The van der Waals surface area contributed by atoms with E-state index in [2.05, 4.69) is 10.2 Å². The van der Waals surface area contributed by atoms with Crippen LogP contribution < -0.4 is 5.73 Å². The lowest BCUT2D eigenvalue weighted by Crippen LogP contribution is -2.45. The maximum absolute atomic E-state index is 12.3. The van der Waals surface area contributed by atoms with E-state index in [4.69, 9.17) is 5.73 Å². The van der Waals surface area contributed by atoms with Gasteiger partial charge in [0.25, 0.3) is 5.91 Å². The predicted octanol–water partition coefficient (Wildman–Crippen LogP) is -0.636. The molecule has 0 aromatic carbocycles. The molecule has 9 nitrogen and oxygen atoms in total. The number of carbonyl (C=O) groups excluding carboxylic acids is 4. The quantitative estimate of drug-likeness (QED) is 0.708. The van der Waals surface area contributed by atoms with Crippen LogP contribution in [0.1, 0.15) is 47.8 Å². The Kier molecular flexibility index (Phi) is 4.32. The molecule has 1 aromatic rings. The number of hydrogen-bond acceptors (Lipinski definition) is 5. The second kappa shape index (κ2) is 6.42. The summed E-state index contributed by atoms with van der Waals surface area (Å²) in [4.78, 5) is 49.2. The fourth-order valence-electron chi connectivity index (χ4n) is 3.15. The number of rotatable bonds is 4. The van der Waals surface area contributed by atoms with Gasteiger partial charge in [-0.05, 0) is 18.9 Å². The van der Waals surface area contributed by atoms with Crippen molar-refractivity contribution in [3.8, 4) is 0 Å². The van der Waals surface area contributed by atoms with Gasteiger partial charge in [-0.15, -0.1) is 0 Å². The smallest absolute Gasteiger partial charge is 0.269 e. The number of aromatic nitrogens is 2. The zero-order valence-electron chi connectivity index (χ0n) is 13.2. The lowest BCUT2D eigenvalue weighted by atomic mass is 9.93. The third-order valence-electron chi connectivity index (χ3n) is 4.59. The zero-order chi connectivity index (χ0) is 17.3. The van der Waals surface area contributed by atoms with Gasteiger partial charge in [-0.1, -0.05) is 0 Å². The summed E-state index contributed by atoms with van der Waals surface area (Å²) < 4.78 is 0. The number of piperidine rings is 1. The Morgan fingerprint density at radius 2 is 1.83 bits per heavy atom. The number of nitrogens with two attached hydrogens (primary N) is 1. The van der Waals surface area contributed by atoms with Crippen LogP contribution in [-0.2, 0) is 14.4 Å². The predicted molar refractivity (Wildman–Crippen MR) is 81.6 cm³/mol. The van der Waals surface area contributed by atoms with Crippen molar-refractivity contribution in [2.75, 3.05) is 19.6 Å². The molecule has 2 aliphatic rings. The molecule has 0 bridgehead atoms. The van der Waals surface area contributed by atoms with E-state index in [1.807, 2.05) is 0 Å². The number of imide groups is 1. The van der Waals surface area contributed by atoms with Gasteiger partial charge in [0.1, 0.15) is 12.2 Å². The molecule has 24 heavy (non-hydrogen) atoms. The van der Waals surface area contributed by atoms with Crippen molar-refractivity contribution in [1.82, 2.24) is 20.0 Å². The average molecular weight is 333 g/mol. The standard InChI is InChI=1S/C15H19N5O4/c16-15(24)11-7-10(17-18-11)9-3-5-19(6-4-9)14(23)8-20-12(21)1-2-13(20)22/h7,9H,1-6,8H2,(H2,16,24)(H,17,18). The SMILES string of the molecule is NC(=O)c1cc(C2CCN(C(=O)CN3C(=O)CCC3=O)CC2)[nH]n1. The molecule has 3 rings (SSSR count). The maximum Gasteiger partial charge on any atom is 0.269 e. The van der Waals surface area contributed by atoms with Gasteiger partial charge in [-0.3, -0.25) is 29.2 Å². The number of nitrogens with zero attached hydrogens (tertiary/aromatic N) is 3. The largest absolute Gasteiger partial charge is 0.364 e. The fourth-order valence-corrected chi connectivity index (χ4v) is 3.15. The van der Waals surface area contributed by atoms with Crippen LogP contribution in [0.3, 0.4) is 0 Å². The van der Waals surface area contributed by atoms with Gasteiger partial charge in [0.2, 0.25) is 17.7 Å². The van der Waals surface area contributed by atoms with Gasteiger partial charge in [-0.25, -0.2) is 0 Å². The minimum absolute atomic E-state index is 0.168. The molecule has 1 aromatic heterocycles. The monoisotopic (exact) mass is 333 g/mol. The lowest BCUT2D eigenvalue weighted by Gasteiger charge is -2.32. The van der Waals surface area contributed by atoms with Crippen LogP contribution in [-0.4, -0.2) is 63.3 Å². The van der Waals surface area contributed by atoms with E-state index in [9.17, 15) is 19.2 Å². The van der Waals surface area contributed by atoms with Crippen LogP contribution in [0, 0.1) is 0 Å². The van der Waals surface area contributed by atoms with Gasteiger partial charge in [0.15, 0.2) is 0 Å². The van der Waals surface area contributed by atoms with Crippen molar-refractivity contribution >= 4 is 23.6 Å².